The molecule has 0 saturated heterocycles. The van der Waals surface area contributed by atoms with E-state index in [0.717, 1.165) is 22.4 Å². The van der Waals surface area contributed by atoms with E-state index in [2.05, 4.69) is 34.7 Å². The molecule has 5 heteroatoms. The van der Waals surface area contributed by atoms with Gasteiger partial charge in [-0.3, -0.25) is 0 Å². The first-order valence-corrected chi connectivity index (χ1v) is 9.43. The fraction of sp³-hybridized carbons (Fsp3) is 0.0833. The minimum Gasteiger partial charge on any atom is -0.481 e. The van der Waals surface area contributed by atoms with Crippen LogP contribution in [0.2, 0.25) is 0 Å². The molecule has 1 heterocycles. The molecule has 0 fully saturated rings. The molecule has 0 unspecified atom stereocenters. The minimum absolute atomic E-state index is 0.192. The van der Waals surface area contributed by atoms with E-state index < -0.39 is 0 Å². The Morgan fingerprint density at radius 3 is 2.03 bits per heavy atom. The largest absolute Gasteiger partial charge is 0.481 e. The minimum atomic E-state index is -0.261. The van der Waals surface area contributed by atoms with E-state index in [1.807, 2.05) is 60.7 Å². The van der Waals surface area contributed by atoms with Crippen LogP contribution in [0.3, 0.4) is 0 Å². The number of amides is 1. The van der Waals surface area contributed by atoms with Gasteiger partial charge in [-0.15, -0.1) is 0 Å². The molecule has 4 aromatic rings. The molecule has 0 radical (unpaired) electrons. The van der Waals surface area contributed by atoms with Gasteiger partial charge in [-0.1, -0.05) is 72.8 Å². The van der Waals surface area contributed by atoms with Crippen molar-refractivity contribution in [2.24, 2.45) is 0 Å². The summed E-state index contributed by atoms with van der Waals surface area (Å²) < 4.78 is 7.59. The highest BCUT2D eigenvalue weighted by Gasteiger charge is 2.15. The molecule has 0 saturated carbocycles. The van der Waals surface area contributed by atoms with Crippen LogP contribution in [-0.4, -0.2) is 15.8 Å². The summed E-state index contributed by atoms with van der Waals surface area (Å²) in [6, 6.07) is 29.5. The Kier molecular flexibility index (Phi) is 5.67. The van der Waals surface area contributed by atoms with Gasteiger partial charge in [0.05, 0.1) is 0 Å². The first-order chi connectivity index (χ1) is 14.3. The Morgan fingerprint density at radius 2 is 1.48 bits per heavy atom. The zero-order valence-corrected chi connectivity index (χ0v) is 15.8. The predicted octanol–water partition coefficient (Wildman–Crippen LogP) is 4.81. The number of nitrogens with one attached hydrogen (secondary N) is 1. The first-order valence-electron chi connectivity index (χ1n) is 9.43. The summed E-state index contributed by atoms with van der Waals surface area (Å²) in [6.45, 7) is 0.416. The van der Waals surface area contributed by atoms with Crippen LogP contribution < -0.4 is 10.1 Å². The molecule has 0 spiro atoms. The van der Waals surface area contributed by atoms with Crippen molar-refractivity contribution in [3.8, 4) is 5.75 Å². The number of hydrogen-bond donors (Lipinski definition) is 1. The van der Waals surface area contributed by atoms with E-state index in [4.69, 9.17) is 4.74 Å². The van der Waals surface area contributed by atoms with Crippen LogP contribution in [0.4, 0.5) is 4.79 Å². The van der Waals surface area contributed by atoms with Crippen LogP contribution in [0.1, 0.15) is 22.8 Å². The maximum absolute atomic E-state index is 12.0. The molecule has 1 N–H and O–H groups in total. The molecule has 0 atom stereocenters. The molecule has 5 nitrogen and oxygen atoms in total. The Balaban J connectivity index is 1.45. The topological polar surface area (TPSA) is 56.1 Å². The molecule has 0 aliphatic heterocycles. The van der Waals surface area contributed by atoms with Gasteiger partial charge >= 0.3 is 6.03 Å². The first kappa shape index (κ1) is 18.5. The molecule has 4 rings (SSSR count). The van der Waals surface area contributed by atoms with Gasteiger partial charge in [0.2, 0.25) is 0 Å². The maximum atomic E-state index is 12.0. The number of nitrogens with zero attached hydrogens (tertiary/aromatic N) is 2. The highest BCUT2D eigenvalue weighted by atomic mass is 16.5. The van der Waals surface area contributed by atoms with E-state index in [1.54, 1.807) is 18.5 Å². The normalized spacial score (nSPS) is 10.7. The molecular weight excluding hydrogens is 362 g/mol. The van der Waals surface area contributed by atoms with Gasteiger partial charge in [-0.05, 0) is 34.9 Å². The zero-order chi connectivity index (χ0) is 19.9. The molecule has 1 aromatic heterocycles. The molecule has 144 valence electrons. The lowest BCUT2D eigenvalue weighted by molar-refractivity contribution is 0.239. The van der Waals surface area contributed by atoms with Crippen molar-refractivity contribution in [1.82, 2.24) is 15.1 Å². The standard InChI is InChI=1S/C24H21N3O2/c28-24(27-17-7-16-26-27)25-18-19-12-14-22(15-13-19)29-23(20-8-3-1-4-9-20)21-10-5-2-6-11-21/h1-17,23H,18H2,(H,25,28). The molecule has 0 bridgehead atoms. The van der Waals surface area contributed by atoms with Crippen molar-refractivity contribution in [1.29, 1.82) is 0 Å². The number of hydrogen-bond acceptors (Lipinski definition) is 3. The van der Waals surface area contributed by atoms with Crippen molar-refractivity contribution in [3.63, 3.8) is 0 Å². The van der Waals surface area contributed by atoms with Gasteiger partial charge in [-0.2, -0.15) is 9.78 Å². The number of benzene rings is 3. The van der Waals surface area contributed by atoms with Gasteiger partial charge in [0.15, 0.2) is 0 Å². The van der Waals surface area contributed by atoms with E-state index in [9.17, 15) is 4.79 Å². The highest BCUT2D eigenvalue weighted by molar-refractivity contribution is 5.75. The molecule has 29 heavy (non-hydrogen) atoms. The SMILES string of the molecule is O=C(NCc1ccc(OC(c2ccccc2)c2ccccc2)cc1)n1cccn1. The van der Waals surface area contributed by atoms with Crippen LogP contribution in [-0.2, 0) is 6.54 Å². The Bertz CT molecular complexity index is 991. The fourth-order valence-corrected chi connectivity index (χ4v) is 3.05. The summed E-state index contributed by atoms with van der Waals surface area (Å²) in [6.07, 6.45) is 2.99. The second kappa shape index (κ2) is 8.89. The quantitative estimate of drug-likeness (QED) is 0.520. The van der Waals surface area contributed by atoms with Gasteiger partial charge in [0.1, 0.15) is 11.9 Å². The Hall–Kier alpha value is -3.86. The lowest BCUT2D eigenvalue weighted by Gasteiger charge is -2.20. The molecule has 1 amide bonds. The molecule has 0 aliphatic rings. The number of aromatic nitrogens is 2. The lowest BCUT2D eigenvalue weighted by atomic mass is 10.0. The van der Waals surface area contributed by atoms with Gasteiger partial charge in [0.25, 0.3) is 0 Å². The smallest absolute Gasteiger partial charge is 0.342 e. The highest BCUT2D eigenvalue weighted by Crippen LogP contribution is 2.28. The third kappa shape index (κ3) is 4.71. The van der Waals surface area contributed by atoms with Crippen molar-refractivity contribution in [2.45, 2.75) is 12.6 Å². The monoisotopic (exact) mass is 383 g/mol. The second-order valence-electron chi connectivity index (χ2n) is 6.57. The average molecular weight is 383 g/mol. The van der Waals surface area contributed by atoms with Crippen LogP contribution in [0, 0.1) is 0 Å². The third-order valence-corrected chi connectivity index (χ3v) is 4.54. The van der Waals surface area contributed by atoms with Crippen molar-refractivity contribution >= 4 is 6.03 Å². The fourth-order valence-electron chi connectivity index (χ4n) is 3.05. The molecule has 0 aliphatic carbocycles. The van der Waals surface area contributed by atoms with Crippen molar-refractivity contribution in [2.75, 3.05) is 0 Å². The van der Waals surface area contributed by atoms with Gasteiger partial charge in [-0.25, -0.2) is 4.79 Å². The zero-order valence-electron chi connectivity index (χ0n) is 15.8. The van der Waals surface area contributed by atoms with Gasteiger partial charge in [0, 0.05) is 18.9 Å². The lowest BCUT2D eigenvalue weighted by Crippen LogP contribution is -2.28. The van der Waals surface area contributed by atoms with Crippen LogP contribution in [0.25, 0.3) is 0 Å². The van der Waals surface area contributed by atoms with Crippen molar-refractivity contribution in [3.05, 3.63) is 120 Å². The summed E-state index contributed by atoms with van der Waals surface area (Å²) in [4.78, 5) is 12.0. The number of carbonyl (C=O) groups is 1. The average Bonchev–Trinajstić information content (AvgIpc) is 3.33. The van der Waals surface area contributed by atoms with E-state index in [1.165, 1.54) is 4.68 Å². The summed E-state index contributed by atoms with van der Waals surface area (Å²) in [5.74, 6) is 0.768. The third-order valence-electron chi connectivity index (χ3n) is 4.54. The van der Waals surface area contributed by atoms with E-state index in [-0.39, 0.29) is 12.1 Å². The van der Waals surface area contributed by atoms with E-state index in [0.29, 0.717) is 6.54 Å². The predicted molar refractivity (Wildman–Crippen MR) is 112 cm³/mol. The van der Waals surface area contributed by atoms with E-state index >= 15 is 0 Å². The number of carbonyl (C=O) groups excluding carboxylic acids is 1. The van der Waals surface area contributed by atoms with Crippen LogP contribution in [0.5, 0.6) is 5.75 Å². The molecule has 3 aromatic carbocycles. The Labute approximate surface area is 169 Å². The summed E-state index contributed by atoms with van der Waals surface area (Å²) >= 11 is 0. The van der Waals surface area contributed by atoms with Crippen LogP contribution >= 0.6 is 0 Å². The Morgan fingerprint density at radius 1 is 0.862 bits per heavy atom. The summed E-state index contributed by atoms with van der Waals surface area (Å²) in [5.41, 5.74) is 3.16. The summed E-state index contributed by atoms with van der Waals surface area (Å²) in [5, 5.41) is 6.75. The summed E-state index contributed by atoms with van der Waals surface area (Å²) in [7, 11) is 0. The van der Waals surface area contributed by atoms with Gasteiger partial charge < -0.3 is 10.1 Å². The number of ether oxygens (including phenoxy) is 1. The number of rotatable bonds is 6. The second-order valence-corrected chi connectivity index (χ2v) is 6.57. The van der Waals surface area contributed by atoms with Crippen molar-refractivity contribution < 1.29 is 9.53 Å². The van der Waals surface area contributed by atoms with Crippen LogP contribution in [0.15, 0.2) is 103 Å². The maximum Gasteiger partial charge on any atom is 0.342 e. The molecular formula is C24H21N3O2.